The molecule has 2 amide bonds. The molecule has 0 spiro atoms. The van der Waals surface area contributed by atoms with Crippen LogP contribution in [-0.4, -0.2) is 49.0 Å². The number of nitrogens with zero attached hydrogens (tertiary/aromatic N) is 3. The van der Waals surface area contributed by atoms with E-state index in [1.54, 1.807) is 28.8 Å². The number of carbonyl (C=O) groups excluding carboxylic acids is 2. The number of carbonyl (C=O) groups is 2. The molecule has 11 heteroatoms. The number of para-hydroxylation sites is 1. The third-order valence-electron chi connectivity index (χ3n) is 6.00. The molecule has 0 aliphatic carbocycles. The Morgan fingerprint density at radius 3 is 2.61 bits per heavy atom. The fraction of sp³-hybridized carbons (Fsp3) is 0.185. The molecule has 194 valence electrons. The average Bonchev–Trinajstić information content (AvgIpc) is 3.52. The van der Waals surface area contributed by atoms with E-state index in [0.29, 0.717) is 40.4 Å². The van der Waals surface area contributed by atoms with E-state index in [0.717, 1.165) is 5.56 Å². The largest absolute Gasteiger partial charge is 0.493 e. The topological polar surface area (TPSA) is 133 Å². The number of ether oxygens (including phenoxy) is 4. The summed E-state index contributed by atoms with van der Waals surface area (Å²) in [6, 6.07) is 17.5. The summed E-state index contributed by atoms with van der Waals surface area (Å²) in [5, 5.41) is 21.9. The summed E-state index contributed by atoms with van der Waals surface area (Å²) >= 11 is 0. The zero-order valence-corrected chi connectivity index (χ0v) is 20.6. The van der Waals surface area contributed by atoms with E-state index < -0.39 is 11.8 Å². The van der Waals surface area contributed by atoms with Crippen molar-refractivity contribution in [1.29, 1.82) is 0 Å². The van der Waals surface area contributed by atoms with Gasteiger partial charge in [-0.05, 0) is 42.0 Å². The number of benzene rings is 3. The smallest absolute Gasteiger partial charge is 0.283 e. The lowest BCUT2D eigenvalue weighted by atomic mass is 10.2. The van der Waals surface area contributed by atoms with Crippen LogP contribution in [0.4, 0.5) is 5.69 Å². The summed E-state index contributed by atoms with van der Waals surface area (Å²) in [7, 11) is 2.96. The van der Waals surface area contributed by atoms with E-state index in [2.05, 4.69) is 15.5 Å². The maximum Gasteiger partial charge on any atom is 0.283 e. The average molecular weight is 517 g/mol. The predicted molar refractivity (Wildman–Crippen MR) is 137 cm³/mol. The summed E-state index contributed by atoms with van der Waals surface area (Å²) < 4.78 is 22.8. The number of rotatable bonds is 8. The molecule has 11 nitrogen and oxygen atoms in total. The molecule has 5 rings (SSSR count). The fourth-order valence-electron chi connectivity index (χ4n) is 4.13. The van der Waals surface area contributed by atoms with Gasteiger partial charge in [0.15, 0.2) is 28.7 Å². The number of aromatic hydroxyl groups is 1. The van der Waals surface area contributed by atoms with E-state index in [1.807, 2.05) is 30.3 Å². The first-order chi connectivity index (χ1) is 18.5. The summed E-state index contributed by atoms with van der Waals surface area (Å²) in [6.07, 6.45) is 0. The summed E-state index contributed by atoms with van der Waals surface area (Å²) in [4.78, 5) is 24.9. The van der Waals surface area contributed by atoms with Gasteiger partial charge in [-0.2, -0.15) is 0 Å². The van der Waals surface area contributed by atoms with Crippen LogP contribution in [0.1, 0.15) is 15.9 Å². The van der Waals surface area contributed by atoms with Gasteiger partial charge in [0.05, 0.1) is 26.3 Å². The van der Waals surface area contributed by atoms with Crippen molar-refractivity contribution in [3.63, 3.8) is 0 Å². The zero-order chi connectivity index (χ0) is 26.6. The molecule has 1 aromatic heterocycles. The lowest BCUT2D eigenvalue weighted by Gasteiger charge is -2.09. The molecule has 0 bridgehead atoms. The number of hydrogen-bond acceptors (Lipinski definition) is 8. The highest BCUT2D eigenvalue weighted by Gasteiger charge is 2.19. The molecule has 0 saturated heterocycles. The fourth-order valence-corrected chi connectivity index (χ4v) is 4.13. The second-order valence-corrected chi connectivity index (χ2v) is 8.31. The second kappa shape index (κ2) is 10.5. The third kappa shape index (κ3) is 4.81. The Bertz CT molecular complexity index is 1560. The molecule has 4 aromatic rings. The third-order valence-corrected chi connectivity index (χ3v) is 6.00. The normalized spacial score (nSPS) is 12.2. The Morgan fingerprint density at radius 1 is 1.00 bits per heavy atom. The maximum atomic E-state index is 12.5. The quantitative estimate of drug-likeness (QED) is 0.336. The minimum Gasteiger partial charge on any atom is -0.493 e. The Morgan fingerprint density at radius 2 is 1.79 bits per heavy atom. The van der Waals surface area contributed by atoms with Crippen molar-refractivity contribution < 1.29 is 33.6 Å². The number of hydrogen-bond donors (Lipinski definition) is 2. The van der Waals surface area contributed by atoms with Crippen molar-refractivity contribution >= 4 is 28.4 Å². The van der Waals surface area contributed by atoms with Crippen LogP contribution in [0, 0.1) is 0 Å². The summed E-state index contributed by atoms with van der Waals surface area (Å²) in [6.45, 7) is 0.116. The summed E-state index contributed by atoms with van der Waals surface area (Å²) in [5.41, 5.74) is 2.03. The van der Waals surface area contributed by atoms with Crippen LogP contribution in [0.2, 0.25) is 0 Å². The van der Waals surface area contributed by atoms with Crippen LogP contribution in [0.5, 0.6) is 28.9 Å². The number of amides is 2. The first kappa shape index (κ1) is 24.6. The number of azo groups is 1. The highest BCUT2D eigenvalue weighted by molar-refractivity contribution is 5.98. The van der Waals surface area contributed by atoms with Gasteiger partial charge in [0.25, 0.3) is 11.8 Å². The minimum atomic E-state index is -0.689. The molecule has 2 heterocycles. The molecule has 2 N–H and O–H groups in total. The highest BCUT2D eigenvalue weighted by atomic mass is 16.7. The molecule has 1 aliphatic rings. The Hall–Kier alpha value is -5.06. The van der Waals surface area contributed by atoms with Crippen molar-refractivity contribution in [1.82, 2.24) is 9.88 Å². The maximum absolute atomic E-state index is 12.5. The van der Waals surface area contributed by atoms with Crippen LogP contribution in [-0.2, 0) is 11.3 Å². The van der Waals surface area contributed by atoms with Crippen molar-refractivity contribution in [2.24, 2.45) is 10.2 Å². The molecule has 1 aliphatic heterocycles. The lowest BCUT2D eigenvalue weighted by Crippen LogP contribution is -2.28. The monoisotopic (exact) mass is 516 g/mol. The van der Waals surface area contributed by atoms with Crippen molar-refractivity contribution in [2.75, 3.05) is 27.6 Å². The molecule has 0 unspecified atom stereocenters. The first-order valence-electron chi connectivity index (χ1n) is 11.6. The molecule has 3 aromatic carbocycles. The molecule has 38 heavy (non-hydrogen) atoms. The molecule has 0 saturated carbocycles. The van der Waals surface area contributed by atoms with E-state index >= 15 is 0 Å². The lowest BCUT2D eigenvalue weighted by molar-refractivity contribution is -0.117. The van der Waals surface area contributed by atoms with E-state index in [-0.39, 0.29) is 30.5 Å². The van der Waals surface area contributed by atoms with Gasteiger partial charge in [0.2, 0.25) is 12.7 Å². The van der Waals surface area contributed by atoms with Gasteiger partial charge in [-0.25, -0.2) is 0 Å². The van der Waals surface area contributed by atoms with Crippen molar-refractivity contribution in [3.05, 3.63) is 71.8 Å². The predicted octanol–water partition coefficient (Wildman–Crippen LogP) is 4.18. The van der Waals surface area contributed by atoms with Gasteiger partial charge in [0, 0.05) is 10.9 Å². The number of aromatic nitrogens is 1. The second-order valence-electron chi connectivity index (χ2n) is 8.31. The van der Waals surface area contributed by atoms with Crippen LogP contribution in [0.25, 0.3) is 10.9 Å². The van der Waals surface area contributed by atoms with Crippen LogP contribution < -0.4 is 24.3 Å². The molecular weight excluding hydrogens is 492 g/mol. The van der Waals surface area contributed by atoms with Gasteiger partial charge < -0.3 is 33.9 Å². The van der Waals surface area contributed by atoms with Crippen LogP contribution in [0.15, 0.2) is 70.9 Å². The van der Waals surface area contributed by atoms with Gasteiger partial charge >= 0.3 is 0 Å². The number of methoxy groups -OCH3 is 2. The Balaban J connectivity index is 1.31. The van der Waals surface area contributed by atoms with Crippen molar-refractivity contribution in [3.8, 4) is 28.9 Å². The molecule has 0 radical (unpaired) electrons. The van der Waals surface area contributed by atoms with Gasteiger partial charge in [-0.1, -0.05) is 24.3 Å². The van der Waals surface area contributed by atoms with Gasteiger partial charge in [-0.3, -0.25) is 9.59 Å². The number of nitrogens with one attached hydrogen (secondary N) is 1. The van der Waals surface area contributed by atoms with Crippen LogP contribution >= 0.6 is 0 Å². The number of fused-ring (bicyclic) bond motifs is 2. The van der Waals surface area contributed by atoms with Crippen molar-refractivity contribution in [2.45, 2.75) is 6.54 Å². The minimum absolute atomic E-state index is 0.144. The first-order valence-corrected chi connectivity index (χ1v) is 11.6. The SMILES string of the molecule is COc1ccc(C(=O)NCC(=O)N=Nc2c(O)n(Cc3ccc4c(c3)OCO4)c3ccccc23)cc1OC. The van der Waals surface area contributed by atoms with E-state index in [9.17, 15) is 14.7 Å². The standard InChI is InChI=1S/C27H24N4O7/c1-35-20-10-8-17(12-22(20)36-2)26(33)28-13-24(32)29-30-25-18-5-3-4-6-19(18)31(27(25)34)14-16-7-9-21-23(11-16)38-15-37-21/h3-12,34H,13-15H2,1-2H3,(H,28,33). The van der Waals surface area contributed by atoms with Gasteiger partial charge in [-0.15, -0.1) is 10.2 Å². The zero-order valence-electron chi connectivity index (χ0n) is 20.6. The van der Waals surface area contributed by atoms with E-state index in [4.69, 9.17) is 18.9 Å². The molecular formula is C27H24N4O7. The van der Waals surface area contributed by atoms with Crippen LogP contribution in [0.3, 0.4) is 0 Å². The molecule has 0 atom stereocenters. The summed E-state index contributed by atoms with van der Waals surface area (Å²) in [5.74, 6) is 0.851. The highest BCUT2D eigenvalue weighted by Crippen LogP contribution is 2.40. The van der Waals surface area contributed by atoms with Gasteiger partial charge in [0.1, 0.15) is 6.54 Å². The Kier molecular flexibility index (Phi) is 6.81. The Labute approximate surface area is 217 Å². The molecule has 0 fully saturated rings. The van der Waals surface area contributed by atoms with E-state index in [1.165, 1.54) is 20.3 Å².